The lowest BCUT2D eigenvalue weighted by atomic mass is 10.2. The Labute approximate surface area is 128 Å². The first-order valence-electron chi connectivity index (χ1n) is 6.85. The Kier molecular flexibility index (Phi) is 5.48. The zero-order chi connectivity index (χ0) is 15.8. The molecule has 0 aliphatic rings. The van der Waals surface area contributed by atoms with Gasteiger partial charge in [-0.2, -0.15) is 0 Å². The largest absolute Gasteiger partial charge is 0.413 e. The summed E-state index contributed by atoms with van der Waals surface area (Å²) in [6.45, 7) is 1.94. The van der Waals surface area contributed by atoms with Crippen molar-refractivity contribution in [3.63, 3.8) is 0 Å². The smallest absolute Gasteiger partial charge is 0.410 e. The molecule has 6 nitrogen and oxygen atoms in total. The number of amides is 2. The van der Waals surface area contributed by atoms with Gasteiger partial charge in [-0.1, -0.05) is 24.3 Å². The number of nitrogens with one attached hydrogen (secondary N) is 2. The Morgan fingerprint density at radius 3 is 2.64 bits per heavy atom. The van der Waals surface area contributed by atoms with Crippen molar-refractivity contribution in [2.45, 2.75) is 19.5 Å². The van der Waals surface area contributed by atoms with Crippen LogP contribution in [0.2, 0.25) is 0 Å². The summed E-state index contributed by atoms with van der Waals surface area (Å²) in [5.41, 5.74) is 0.884. The lowest BCUT2D eigenvalue weighted by Gasteiger charge is -2.14. The van der Waals surface area contributed by atoms with E-state index in [9.17, 15) is 9.59 Å². The first-order chi connectivity index (χ1) is 10.6. The molecule has 0 spiro atoms. The third-order valence-corrected chi connectivity index (χ3v) is 2.87. The monoisotopic (exact) mass is 299 g/mol. The van der Waals surface area contributed by atoms with Crippen molar-refractivity contribution in [1.82, 2.24) is 15.6 Å². The lowest BCUT2D eigenvalue weighted by molar-refractivity contribution is -0.122. The number of benzene rings is 1. The van der Waals surface area contributed by atoms with Gasteiger partial charge in [0, 0.05) is 18.9 Å². The molecule has 2 aromatic rings. The molecule has 2 N–H and O–H groups in total. The predicted octanol–water partition coefficient (Wildman–Crippen LogP) is 1.87. The number of hydrogen-bond donors (Lipinski definition) is 2. The SMILES string of the molecule is C[C@@H](NC(=O)Oc1ccccc1)C(=O)NCc1cccnc1. The fourth-order valence-corrected chi connectivity index (χ4v) is 1.71. The van der Waals surface area contributed by atoms with E-state index >= 15 is 0 Å². The standard InChI is InChI=1S/C16H17N3O3/c1-12(15(20)18-11-13-6-5-9-17-10-13)19-16(21)22-14-7-3-2-4-8-14/h2-10,12H,11H2,1H3,(H,18,20)(H,19,21)/t12-/m1/s1. The summed E-state index contributed by atoms with van der Waals surface area (Å²) < 4.78 is 5.06. The number of carbonyl (C=O) groups excluding carboxylic acids is 2. The highest BCUT2D eigenvalue weighted by Crippen LogP contribution is 2.08. The molecule has 0 radical (unpaired) electrons. The van der Waals surface area contributed by atoms with Crippen molar-refractivity contribution in [3.8, 4) is 5.75 Å². The van der Waals surface area contributed by atoms with Crippen molar-refractivity contribution in [1.29, 1.82) is 0 Å². The van der Waals surface area contributed by atoms with E-state index in [1.165, 1.54) is 0 Å². The summed E-state index contributed by atoms with van der Waals surface area (Å²) in [5.74, 6) is 0.122. The van der Waals surface area contributed by atoms with Crippen LogP contribution in [0.3, 0.4) is 0 Å². The van der Waals surface area contributed by atoms with Gasteiger partial charge in [0.1, 0.15) is 11.8 Å². The van der Waals surface area contributed by atoms with Crippen molar-refractivity contribution < 1.29 is 14.3 Å². The Morgan fingerprint density at radius 2 is 1.95 bits per heavy atom. The molecule has 22 heavy (non-hydrogen) atoms. The van der Waals surface area contributed by atoms with Gasteiger partial charge < -0.3 is 15.4 Å². The van der Waals surface area contributed by atoms with Gasteiger partial charge in [0.2, 0.25) is 5.91 Å². The maximum atomic E-state index is 11.9. The van der Waals surface area contributed by atoms with Crippen molar-refractivity contribution in [3.05, 3.63) is 60.4 Å². The minimum atomic E-state index is -0.701. The van der Waals surface area contributed by atoms with E-state index < -0.39 is 12.1 Å². The molecule has 6 heteroatoms. The quantitative estimate of drug-likeness (QED) is 0.883. The highest BCUT2D eigenvalue weighted by atomic mass is 16.6. The zero-order valence-corrected chi connectivity index (χ0v) is 12.2. The molecule has 0 unspecified atom stereocenters. The Balaban J connectivity index is 1.77. The molecule has 1 atom stereocenters. The molecule has 0 saturated carbocycles. The van der Waals surface area contributed by atoms with E-state index in [2.05, 4.69) is 15.6 Å². The molecule has 0 bridgehead atoms. The lowest BCUT2D eigenvalue weighted by Crippen LogP contribution is -2.45. The van der Waals surface area contributed by atoms with Crippen LogP contribution in [0, 0.1) is 0 Å². The van der Waals surface area contributed by atoms with Crippen LogP contribution in [0.1, 0.15) is 12.5 Å². The molecular formula is C16H17N3O3. The van der Waals surface area contributed by atoms with Crippen LogP contribution < -0.4 is 15.4 Å². The van der Waals surface area contributed by atoms with Gasteiger partial charge >= 0.3 is 6.09 Å². The summed E-state index contributed by atoms with van der Waals surface area (Å²) in [5, 5.41) is 5.19. The van der Waals surface area contributed by atoms with Crippen LogP contribution in [0.5, 0.6) is 5.75 Å². The molecule has 2 amide bonds. The Hall–Kier alpha value is -2.89. The Morgan fingerprint density at radius 1 is 1.18 bits per heavy atom. The average molecular weight is 299 g/mol. The number of hydrogen-bond acceptors (Lipinski definition) is 4. The third kappa shape index (κ3) is 4.90. The maximum Gasteiger partial charge on any atom is 0.413 e. The van der Waals surface area contributed by atoms with Crippen molar-refractivity contribution >= 4 is 12.0 Å². The molecule has 1 heterocycles. The minimum absolute atomic E-state index is 0.297. The predicted molar refractivity (Wildman–Crippen MR) is 81.1 cm³/mol. The van der Waals surface area contributed by atoms with E-state index in [1.54, 1.807) is 49.6 Å². The number of aromatic nitrogens is 1. The first-order valence-corrected chi connectivity index (χ1v) is 6.85. The number of pyridine rings is 1. The molecule has 0 aliphatic carbocycles. The summed E-state index contributed by atoms with van der Waals surface area (Å²) in [6, 6.07) is 11.6. The van der Waals surface area contributed by atoms with E-state index in [0.717, 1.165) is 5.56 Å². The molecule has 114 valence electrons. The molecule has 1 aromatic heterocycles. The zero-order valence-electron chi connectivity index (χ0n) is 12.2. The molecule has 1 aromatic carbocycles. The van der Waals surface area contributed by atoms with Crippen molar-refractivity contribution in [2.75, 3.05) is 0 Å². The normalized spacial score (nSPS) is 11.3. The van der Waals surface area contributed by atoms with Gasteiger partial charge in [0.05, 0.1) is 0 Å². The third-order valence-electron chi connectivity index (χ3n) is 2.87. The van der Waals surface area contributed by atoms with Gasteiger partial charge in [-0.25, -0.2) is 4.79 Å². The van der Waals surface area contributed by atoms with Gasteiger partial charge in [-0.15, -0.1) is 0 Å². The number of rotatable bonds is 5. The Bertz CT molecular complexity index is 617. The maximum absolute atomic E-state index is 11.9. The van der Waals surface area contributed by atoms with Crippen molar-refractivity contribution in [2.24, 2.45) is 0 Å². The van der Waals surface area contributed by atoms with Gasteiger partial charge in [-0.05, 0) is 30.7 Å². The van der Waals surface area contributed by atoms with E-state index in [4.69, 9.17) is 4.74 Å². The van der Waals surface area contributed by atoms with E-state index in [0.29, 0.717) is 12.3 Å². The van der Waals surface area contributed by atoms with Crippen LogP contribution >= 0.6 is 0 Å². The molecule has 0 fully saturated rings. The average Bonchev–Trinajstić information content (AvgIpc) is 2.54. The summed E-state index contributed by atoms with van der Waals surface area (Å²) in [7, 11) is 0. The van der Waals surface area contributed by atoms with Crippen LogP contribution in [0.15, 0.2) is 54.9 Å². The molecular weight excluding hydrogens is 282 g/mol. The molecule has 2 rings (SSSR count). The topological polar surface area (TPSA) is 80.3 Å². The fourth-order valence-electron chi connectivity index (χ4n) is 1.71. The van der Waals surface area contributed by atoms with Gasteiger partial charge in [-0.3, -0.25) is 9.78 Å². The number of carbonyl (C=O) groups is 2. The molecule has 0 aliphatic heterocycles. The fraction of sp³-hybridized carbons (Fsp3) is 0.188. The van der Waals surface area contributed by atoms with E-state index in [1.807, 2.05) is 12.1 Å². The van der Waals surface area contributed by atoms with Crippen LogP contribution in [-0.4, -0.2) is 23.0 Å². The van der Waals surface area contributed by atoms with Gasteiger partial charge in [0.15, 0.2) is 0 Å². The summed E-state index contributed by atoms with van der Waals surface area (Å²) in [4.78, 5) is 27.5. The second-order valence-electron chi connectivity index (χ2n) is 4.65. The van der Waals surface area contributed by atoms with E-state index in [-0.39, 0.29) is 5.91 Å². The highest BCUT2D eigenvalue weighted by Gasteiger charge is 2.16. The highest BCUT2D eigenvalue weighted by molar-refractivity contribution is 5.85. The second kappa shape index (κ2) is 7.78. The number of ether oxygens (including phenoxy) is 1. The molecule has 0 saturated heterocycles. The summed E-state index contributed by atoms with van der Waals surface area (Å²) >= 11 is 0. The van der Waals surface area contributed by atoms with Crippen LogP contribution in [0.4, 0.5) is 4.79 Å². The van der Waals surface area contributed by atoms with Gasteiger partial charge in [0.25, 0.3) is 0 Å². The number of nitrogens with zero attached hydrogens (tertiary/aromatic N) is 1. The number of para-hydroxylation sites is 1. The van der Waals surface area contributed by atoms with Crippen LogP contribution in [-0.2, 0) is 11.3 Å². The second-order valence-corrected chi connectivity index (χ2v) is 4.65. The minimum Gasteiger partial charge on any atom is -0.410 e. The van der Waals surface area contributed by atoms with Crippen LogP contribution in [0.25, 0.3) is 0 Å². The summed E-state index contributed by atoms with van der Waals surface area (Å²) in [6.07, 6.45) is 2.66. The first kappa shape index (κ1) is 15.5.